The van der Waals surface area contributed by atoms with Crippen LogP contribution in [0.4, 0.5) is 0 Å². The topological polar surface area (TPSA) is 15.3 Å². The molecule has 3 aliphatic rings. The number of rotatable bonds is 2. The van der Waals surface area contributed by atoms with Crippen LogP contribution in [0.2, 0.25) is 0 Å². The van der Waals surface area contributed by atoms with Crippen molar-refractivity contribution in [2.45, 2.75) is 31.5 Å². The van der Waals surface area contributed by atoms with E-state index in [4.69, 9.17) is 0 Å². The number of fused-ring (bicyclic) bond motifs is 3. The molecule has 3 heterocycles. The summed E-state index contributed by atoms with van der Waals surface area (Å²) < 4.78 is 0. The summed E-state index contributed by atoms with van der Waals surface area (Å²) in [6.45, 7) is 3.56. The lowest BCUT2D eigenvalue weighted by atomic mass is 9.92. The van der Waals surface area contributed by atoms with Crippen LogP contribution in [0, 0.1) is 0 Å². The molecule has 3 fully saturated rings. The van der Waals surface area contributed by atoms with E-state index in [1.807, 2.05) is 0 Å². The second kappa shape index (κ2) is 3.95. The lowest BCUT2D eigenvalue weighted by Gasteiger charge is -2.46. The maximum atomic E-state index is 3.59. The first-order chi connectivity index (χ1) is 7.42. The van der Waals surface area contributed by atoms with E-state index < -0.39 is 0 Å². The second-order valence-corrected chi connectivity index (χ2v) is 4.75. The van der Waals surface area contributed by atoms with Gasteiger partial charge in [0.25, 0.3) is 0 Å². The van der Waals surface area contributed by atoms with Gasteiger partial charge in [-0.3, -0.25) is 4.90 Å². The molecular weight excluding hydrogens is 184 g/mol. The van der Waals surface area contributed by atoms with Gasteiger partial charge in [-0.1, -0.05) is 30.3 Å². The zero-order chi connectivity index (χ0) is 10.1. The molecule has 0 spiro atoms. The van der Waals surface area contributed by atoms with Crippen molar-refractivity contribution in [2.75, 3.05) is 13.1 Å². The van der Waals surface area contributed by atoms with Crippen LogP contribution >= 0.6 is 0 Å². The van der Waals surface area contributed by atoms with Gasteiger partial charge in [0.05, 0.1) is 0 Å². The number of piperidine rings is 2. The van der Waals surface area contributed by atoms with E-state index in [-0.39, 0.29) is 0 Å². The molecule has 1 aromatic carbocycles. The highest BCUT2D eigenvalue weighted by Gasteiger charge is 2.32. The van der Waals surface area contributed by atoms with Crippen LogP contribution in [0.25, 0.3) is 0 Å². The maximum absolute atomic E-state index is 3.59. The minimum Gasteiger partial charge on any atom is -0.311 e. The number of hydrogen-bond acceptors (Lipinski definition) is 2. The van der Waals surface area contributed by atoms with Gasteiger partial charge in [-0.2, -0.15) is 0 Å². The van der Waals surface area contributed by atoms with Crippen LogP contribution in [0.3, 0.4) is 0 Å². The Balaban J connectivity index is 1.69. The van der Waals surface area contributed by atoms with Gasteiger partial charge in [0.1, 0.15) is 0 Å². The highest BCUT2D eigenvalue weighted by Crippen LogP contribution is 2.23. The smallest absolute Gasteiger partial charge is 0.0237 e. The molecule has 2 atom stereocenters. The summed E-state index contributed by atoms with van der Waals surface area (Å²) in [5.41, 5.74) is 1.45. The molecule has 0 radical (unpaired) electrons. The number of nitrogens with one attached hydrogen (secondary N) is 1. The van der Waals surface area contributed by atoms with Crippen molar-refractivity contribution in [2.24, 2.45) is 0 Å². The Morgan fingerprint density at radius 2 is 2.07 bits per heavy atom. The zero-order valence-corrected chi connectivity index (χ0v) is 9.02. The Morgan fingerprint density at radius 1 is 1.20 bits per heavy atom. The van der Waals surface area contributed by atoms with Gasteiger partial charge in [0.15, 0.2) is 0 Å². The third-order valence-corrected chi connectivity index (χ3v) is 3.69. The molecule has 2 heteroatoms. The molecule has 0 unspecified atom stereocenters. The molecule has 1 N–H and O–H groups in total. The van der Waals surface area contributed by atoms with E-state index in [1.54, 1.807) is 0 Å². The Morgan fingerprint density at radius 3 is 2.67 bits per heavy atom. The Hall–Kier alpha value is -0.860. The van der Waals surface area contributed by atoms with Crippen LogP contribution in [0.15, 0.2) is 30.3 Å². The number of piperazine rings is 1. The first kappa shape index (κ1) is 9.37. The molecule has 1 aromatic rings. The van der Waals surface area contributed by atoms with Crippen molar-refractivity contribution in [3.63, 3.8) is 0 Å². The summed E-state index contributed by atoms with van der Waals surface area (Å²) in [6.07, 6.45) is 2.75. The lowest BCUT2D eigenvalue weighted by molar-refractivity contribution is 0.0685. The van der Waals surface area contributed by atoms with Crippen molar-refractivity contribution in [3.8, 4) is 0 Å². The standard InChI is InChI=1S/C13H18N2/c1-2-4-11(5-3-1)9-15-10-12-6-7-13(15)8-14-12/h1-5,12-14H,6-10H2/t12-,13-/m0/s1. The fraction of sp³-hybridized carbons (Fsp3) is 0.538. The summed E-state index contributed by atoms with van der Waals surface area (Å²) in [6, 6.07) is 12.3. The summed E-state index contributed by atoms with van der Waals surface area (Å²) in [5.74, 6) is 0. The molecule has 3 aliphatic heterocycles. The summed E-state index contributed by atoms with van der Waals surface area (Å²) in [7, 11) is 0. The number of nitrogens with zero attached hydrogens (tertiary/aromatic N) is 1. The zero-order valence-electron chi connectivity index (χ0n) is 9.02. The third-order valence-electron chi connectivity index (χ3n) is 3.69. The minimum atomic E-state index is 0.749. The molecule has 0 aliphatic carbocycles. The molecule has 15 heavy (non-hydrogen) atoms. The average Bonchev–Trinajstić information content (AvgIpc) is 2.32. The van der Waals surface area contributed by atoms with Gasteiger partial charge in [-0.15, -0.1) is 0 Å². The third kappa shape index (κ3) is 1.92. The van der Waals surface area contributed by atoms with Crippen LogP contribution < -0.4 is 5.32 Å². The first-order valence-electron chi connectivity index (χ1n) is 5.93. The molecule has 3 saturated heterocycles. The fourth-order valence-corrected chi connectivity index (χ4v) is 2.81. The molecule has 0 aromatic heterocycles. The highest BCUT2D eigenvalue weighted by molar-refractivity contribution is 5.15. The van der Waals surface area contributed by atoms with Crippen LogP contribution in [0.1, 0.15) is 18.4 Å². The van der Waals surface area contributed by atoms with Crippen LogP contribution in [0.5, 0.6) is 0 Å². The molecule has 4 rings (SSSR count). The van der Waals surface area contributed by atoms with Crippen molar-refractivity contribution in [1.29, 1.82) is 0 Å². The van der Waals surface area contributed by atoms with E-state index in [9.17, 15) is 0 Å². The minimum absolute atomic E-state index is 0.749. The Kier molecular flexibility index (Phi) is 2.47. The molecule has 0 amide bonds. The largest absolute Gasteiger partial charge is 0.311 e. The van der Waals surface area contributed by atoms with Crippen LogP contribution in [-0.4, -0.2) is 30.1 Å². The van der Waals surface area contributed by atoms with E-state index in [1.165, 1.54) is 31.5 Å². The molecule has 2 nitrogen and oxygen atoms in total. The maximum Gasteiger partial charge on any atom is 0.0237 e. The van der Waals surface area contributed by atoms with Gasteiger partial charge in [-0.25, -0.2) is 0 Å². The van der Waals surface area contributed by atoms with Crippen molar-refractivity contribution < 1.29 is 0 Å². The van der Waals surface area contributed by atoms with Gasteiger partial charge in [0.2, 0.25) is 0 Å². The van der Waals surface area contributed by atoms with E-state index in [0.29, 0.717) is 0 Å². The van der Waals surface area contributed by atoms with Gasteiger partial charge in [0, 0.05) is 31.7 Å². The van der Waals surface area contributed by atoms with Crippen LogP contribution in [-0.2, 0) is 6.54 Å². The second-order valence-electron chi connectivity index (χ2n) is 4.75. The molecule has 80 valence electrons. The normalized spacial score (nSPS) is 30.7. The van der Waals surface area contributed by atoms with Gasteiger partial charge < -0.3 is 5.32 Å². The van der Waals surface area contributed by atoms with E-state index in [2.05, 4.69) is 40.5 Å². The highest BCUT2D eigenvalue weighted by atomic mass is 15.2. The van der Waals surface area contributed by atoms with Gasteiger partial charge in [-0.05, 0) is 18.4 Å². The summed E-state index contributed by atoms with van der Waals surface area (Å²) in [4.78, 5) is 2.64. The summed E-state index contributed by atoms with van der Waals surface area (Å²) >= 11 is 0. The molecule has 2 bridgehead atoms. The van der Waals surface area contributed by atoms with E-state index in [0.717, 1.165) is 18.6 Å². The quantitative estimate of drug-likeness (QED) is 0.784. The molecule has 0 saturated carbocycles. The fourth-order valence-electron chi connectivity index (χ4n) is 2.81. The number of hydrogen-bond donors (Lipinski definition) is 1. The van der Waals surface area contributed by atoms with Crippen molar-refractivity contribution >= 4 is 0 Å². The molecular formula is C13H18N2. The Labute approximate surface area is 91.3 Å². The number of benzene rings is 1. The predicted octanol–water partition coefficient (Wildman–Crippen LogP) is 1.62. The first-order valence-corrected chi connectivity index (χ1v) is 5.93. The average molecular weight is 202 g/mol. The van der Waals surface area contributed by atoms with Crippen molar-refractivity contribution in [1.82, 2.24) is 10.2 Å². The van der Waals surface area contributed by atoms with E-state index >= 15 is 0 Å². The Bertz CT molecular complexity index is 315. The monoisotopic (exact) mass is 202 g/mol. The van der Waals surface area contributed by atoms with Crippen molar-refractivity contribution in [3.05, 3.63) is 35.9 Å². The lowest BCUT2D eigenvalue weighted by Crippen LogP contribution is -2.60. The SMILES string of the molecule is c1ccc(CN2C[C@@H]3CC[C@H]2CN3)cc1. The predicted molar refractivity (Wildman–Crippen MR) is 61.7 cm³/mol. The van der Waals surface area contributed by atoms with Gasteiger partial charge >= 0.3 is 0 Å². The summed E-state index contributed by atoms with van der Waals surface area (Å²) in [5, 5.41) is 3.59.